The average Bonchev–Trinajstić information content (AvgIpc) is 1.94. The van der Waals surface area contributed by atoms with Crippen molar-refractivity contribution in [3.63, 3.8) is 0 Å². The monoisotopic (exact) mass is 388 g/mol. The van der Waals surface area contributed by atoms with Crippen LogP contribution in [0.1, 0.15) is 6.92 Å². The molecule has 0 saturated carbocycles. The Balaban J connectivity index is 2.93. The second-order valence-electron chi connectivity index (χ2n) is 2.17. The van der Waals surface area contributed by atoms with Gasteiger partial charge in [0.25, 0.3) is 0 Å². The third kappa shape index (κ3) is 2.89. The molecule has 0 aromatic heterocycles. The topological polar surface area (TPSA) is 26.3 Å². The van der Waals surface area contributed by atoms with E-state index in [1.54, 1.807) is 6.07 Å². The molecule has 0 radical (unpaired) electrons. The molecule has 0 aliphatic carbocycles. The summed E-state index contributed by atoms with van der Waals surface area (Å²) in [5.41, 5.74) is 0. The van der Waals surface area contributed by atoms with Gasteiger partial charge in [-0.05, 0) is 63.4 Å². The molecule has 0 aliphatic heterocycles. The lowest BCUT2D eigenvalue weighted by atomic mass is 10.3. The maximum atomic E-state index is 10.6. The number of carbonyl (C=O) groups is 1. The Kier molecular flexibility index (Phi) is 3.76. The fourth-order valence-corrected chi connectivity index (χ4v) is 2.43. The molecule has 12 heavy (non-hydrogen) atoms. The molecule has 0 fully saturated rings. The third-order valence-corrected chi connectivity index (χ3v) is 2.66. The van der Waals surface area contributed by atoms with Gasteiger partial charge in [0.1, 0.15) is 5.75 Å². The SMILES string of the molecule is CC(=O)Oc1ccc(I)cc1I. The molecule has 1 rings (SSSR count). The van der Waals surface area contributed by atoms with Crippen molar-refractivity contribution in [2.75, 3.05) is 0 Å². The van der Waals surface area contributed by atoms with E-state index in [4.69, 9.17) is 4.74 Å². The molecule has 0 spiro atoms. The Labute approximate surface area is 98.0 Å². The first-order valence-corrected chi connectivity index (χ1v) is 5.39. The van der Waals surface area contributed by atoms with Crippen molar-refractivity contribution in [3.8, 4) is 5.75 Å². The Morgan fingerprint density at radius 3 is 2.58 bits per heavy atom. The van der Waals surface area contributed by atoms with Gasteiger partial charge >= 0.3 is 5.97 Å². The number of carbonyl (C=O) groups excluding carboxylic acids is 1. The minimum Gasteiger partial charge on any atom is -0.426 e. The highest BCUT2D eigenvalue weighted by Crippen LogP contribution is 2.22. The second kappa shape index (κ2) is 4.40. The van der Waals surface area contributed by atoms with Crippen molar-refractivity contribution < 1.29 is 9.53 Å². The molecule has 0 bridgehead atoms. The zero-order valence-corrected chi connectivity index (χ0v) is 10.6. The molecular weight excluding hydrogens is 382 g/mol. The zero-order valence-electron chi connectivity index (χ0n) is 6.30. The largest absolute Gasteiger partial charge is 0.426 e. The summed E-state index contributed by atoms with van der Waals surface area (Å²) < 4.78 is 7.04. The van der Waals surface area contributed by atoms with Crippen molar-refractivity contribution >= 4 is 51.2 Å². The molecule has 0 saturated heterocycles. The second-order valence-corrected chi connectivity index (χ2v) is 4.58. The predicted molar refractivity (Wildman–Crippen MR) is 63.2 cm³/mol. The summed E-state index contributed by atoms with van der Waals surface area (Å²) in [7, 11) is 0. The average molecular weight is 388 g/mol. The van der Waals surface area contributed by atoms with E-state index in [9.17, 15) is 4.79 Å². The van der Waals surface area contributed by atoms with E-state index in [0.29, 0.717) is 5.75 Å². The van der Waals surface area contributed by atoms with Crippen LogP contribution in [0.2, 0.25) is 0 Å². The molecule has 0 aliphatic rings. The fourth-order valence-electron chi connectivity index (χ4n) is 0.713. The van der Waals surface area contributed by atoms with E-state index in [1.165, 1.54) is 6.92 Å². The van der Waals surface area contributed by atoms with Crippen LogP contribution in [0.3, 0.4) is 0 Å². The molecule has 64 valence electrons. The van der Waals surface area contributed by atoms with Gasteiger partial charge in [-0.3, -0.25) is 4.79 Å². The van der Waals surface area contributed by atoms with Crippen molar-refractivity contribution in [2.24, 2.45) is 0 Å². The van der Waals surface area contributed by atoms with E-state index in [-0.39, 0.29) is 5.97 Å². The molecule has 1 aromatic carbocycles. The molecule has 2 nitrogen and oxygen atoms in total. The van der Waals surface area contributed by atoms with Gasteiger partial charge < -0.3 is 4.74 Å². The van der Waals surface area contributed by atoms with Crippen LogP contribution in [-0.4, -0.2) is 5.97 Å². The lowest BCUT2D eigenvalue weighted by molar-refractivity contribution is -0.131. The number of rotatable bonds is 1. The summed E-state index contributed by atoms with van der Waals surface area (Å²) in [6.45, 7) is 1.40. The van der Waals surface area contributed by atoms with Crippen LogP contribution in [0.5, 0.6) is 5.75 Å². The Morgan fingerprint density at radius 1 is 1.42 bits per heavy atom. The highest BCUT2D eigenvalue weighted by molar-refractivity contribution is 14.1. The molecule has 1 aromatic rings. The lowest BCUT2D eigenvalue weighted by Gasteiger charge is -2.03. The summed E-state index contributed by atoms with van der Waals surface area (Å²) in [5, 5.41) is 0. The van der Waals surface area contributed by atoms with E-state index < -0.39 is 0 Å². The molecular formula is C8H6I2O2. The van der Waals surface area contributed by atoms with E-state index in [2.05, 4.69) is 45.2 Å². The summed E-state index contributed by atoms with van der Waals surface area (Å²) in [6.07, 6.45) is 0. The molecule has 0 amide bonds. The maximum absolute atomic E-state index is 10.6. The Morgan fingerprint density at radius 2 is 2.08 bits per heavy atom. The standard InChI is InChI=1S/C8H6I2O2/c1-5(11)12-8-3-2-6(9)4-7(8)10/h2-4H,1H3. The number of hydrogen-bond donors (Lipinski definition) is 0. The fraction of sp³-hybridized carbons (Fsp3) is 0.125. The zero-order chi connectivity index (χ0) is 9.14. The van der Waals surface area contributed by atoms with Crippen LogP contribution in [-0.2, 0) is 4.79 Å². The van der Waals surface area contributed by atoms with E-state index >= 15 is 0 Å². The van der Waals surface area contributed by atoms with Crippen molar-refractivity contribution in [1.29, 1.82) is 0 Å². The van der Waals surface area contributed by atoms with Crippen LogP contribution in [0, 0.1) is 7.14 Å². The number of esters is 1. The van der Waals surface area contributed by atoms with Crippen LogP contribution < -0.4 is 4.74 Å². The Bertz CT molecular complexity index is 310. The minimum absolute atomic E-state index is 0.283. The lowest BCUT2D eigenvalue weighted by Crippen LogP contribution is -2.02. The van der Waals surface area contributed by atoms with Crippen LogP contribution in [0.15, 0.2) is 18.2 Å². The van der Waals surface area contributed by atoms with Gasteiger partial charge in [0, 0.05) is 10.5 Å². The van der Waals surface area contributed by atoms with Gasteiger partial charge in [0.15, 0.2) is 0 Å². The van der Waals surface area contributed by atoms with Crippen molar-refractivity contribution in [1.82, 2.24) is 0 Å². The van der Waals surface area contributed by atoms with Crippen molar-refractivity contribution in [2.45, 2.75) is 6.92 Å². The van der Waals surface area contributed by atoms with Crippen LogP contribution in [0.4, 0.5) is 0 Å². The number of halogens is 2. The quantitative estimate of drug-likeness (QED) is 0.421. The minimum atomic E-state index is -0.283. The van der Waals surface area contributed by atoms with Gasteiger partial charge in [-0.1, -0.05) is 0 Å². The first-order valence-electron chi connectivity index (χ1n) is 3.23. The number of benzene rings is 1. The van der Waals surface area contributed by atoms with Gasteiger partial charge in [-0.25, -0.2) is 0 Å². The smallest absolute Gasteiger partial charge is 0.308 e. The van der Waals surface area contributed by atoms with Crippen LogP contribution >= 0.6 is 45.2 Å². The summed E-state index contributed by atoms with van der Waals surface area (Å²) in [4.78, 5) is 10.6. The Hall–Kier alpha value is 0.150. The maximum Gasteiger partial charge on any atom is 0.308 e. The first kappa shape index (κ1) is 10.2. The number of ether oxygens (including phenoxy) is 1. The van der Waals surface area contributed by atoms with E-state index in [1.807, 2.05) is 12.1 Å². The number of hydrogen-bond acceptors (Lipinski definition) is 2. The van der Waals surface area contributed by atoms with Gasteiger partial charge in [0.05, 0.1) is 3.57 Å². The third-order valence-electron chi connectivity index (χ3n) is 1.15. The predicted octanol–water partition coefficient (Wildman–Crippen LogP) is 2.82. The molecule has 0 N–H and O–H groups in total. The molecule has 0 atom stereocenters. The molecule has 0 unspecified atom stereocenters. The highest BCUT2D eigenvalue weighted by Gasteiger charge is 2.03. The first-order chi connectivity index (χ1) is 5.59. The van der Waals surface area contributed by atoms with Gasteiger partial charge in [0.2, 0.25) is 0 Å². The van der Waals surface area contributed by atoms with E-state index in [0.717, 1.165) is 7.14 Å². The summed E-state index contributed by atoms with van der Waals surface area (Å²) in [6, 6.07) is 5.66. The molecule has 0 heterocycles. The van der Waals surface area contributed by atoms with Gasteiger partial charge in [-0.15, -0.1) is 0 Å². The van der Waals surface area contributed by atoms with Gasteiger partial charge in [-0.2, -0.15) is 0 Å². The summed E-state index contributed by atoms with van der Waals surface area (Å²) >= 11 is 4.35. The summed E-state index contributed by atoms with van der Waals surface area (Å²) in [5.74, 6) is 0.345. The normalized spacial score (nSPS) is 9.58. The highest BCUT2D eigenvalue weighted by atomic mass is 127. The molecule has 4 heteroatoms. The van der Waals surface area contributed by atoms with Crippen molar-refractivity contribution in [3.05, 3.63) is 25.3 Å². The van der Waals surface area contributed by atoms with Crippen LogP contribution in [0.25, 0.3) is 0 Å².